The predicted molar refractivity (Wildman–Crippen MR) is 119 cm³/mol. The zero-order valence-corrected chi connectivity index (χ0v) is 17.3. The Balaban J connectivity index is 1.92. The van der Waals surface area contributed by atoms with Crippen LogP contribution < -0.4 is 5.43 Å². The largest absolute Gasteiger partial charge is 0.507 e. The molecular formula is C23H13ClO6S. The average molecular weight is 453 g/mol. The first-order valence-corrected chi connectivity index (χ1v) is 10.4. The molecule has 3 aromatic heterocycles. The second-order valence-electron chi connectivity index (χ2n) is 6.90. The number of carboxylic acids is 1. The number of halogens is 1. The average Bonchev–Trinajstić information content (AvgIpc) is 3.31. The molecule has 5 rings (SSSR count). The van der Waals surface area contributed by atoms with E-state index < -0.39 is 11.4 Å². The van der Waals surface area contributed by atoms with Gasteiger partial charge in [-0.05, 0) is 12.1 Å². The number of fused-ring (bicyclic) bond motifs is 3. The van der Waals surface area contributed by atoms with Gasteiger partial charge in [0.05, 0.1) is 21.0 Å². The Labute approximate surface area is 183 Å². The number of hydrogen-bond donors (Lipinski definition) is 2. The van der Waals surface area contributed by atoms with Gasteiger partial charge in [0.1, 0.15) is 28.2 Å². The Morgan fingerprint density at radius 1 is 1.03 bits per heavy atom. The third-order valence-electron chi connectivity index (χ3n) is 4.92. The van der Waals surface area contributed by atoms with E-state index in [4.69, 9.17) is 20.4 Å². The van der Waals surface area contributed by atoms with Crippen LogP contribution in [0.5, 0.6) is 5.75 Å². The first-order valence-electron chi connectivity index (χ1n) is 9.20. The maximum absolute atomic E-state index is 12.9. The molecule has 0 atom stereocenters. The number of aromatic hydroxyl groups is 1. The SMILES string of the molecule is O=C(O)Cc1c(-c2ccc(Cl)s2)oc2cc(O)c3c(=O)cc(-c4ccccc4)oc3c12. The Morgan fingerprint density at radius 3 is 2.48 bits per heavy atom. The first-order chi connectivity index (χ1) is 14.9. The number of phenolic OH excluding ortho intramolecular Hbond substituents is 1. The molecule has 154 valence electrons. The molecule has 0 saturated heterocycles. The molecular weight excluding hydrogens is 440 g/mol. The number of phenols is 1. The minimum Gasteiger partial charge on any atom is -0.507 e. The lowest BCUT2D eigenvalue weighted by Crippen LogP contribution is -2.03. The number of benzene rings is 2. The first kappa shape index (κ1) is 19.4. The van der Waals surface area contributed by atoms with Crippen LogP contribution in [0, 0.1) is 0 Å². The lowest BCUT2D eigenvalue weighted by molar-refractivity contribution is -0.136. The molecule has 0 spiro atoms. The Kier molecular flexibility index (Phi) is 4.57. The summed E-state index contributed by atoms with van der Waals surface area (Å²) in [6, 6.07) is 15.1. The summed E-state index contributed by atoms with van der Waals surface area (Å²) in [5.74, 6) is -0.765. The molecule has 0 radical (unpaired) electrons. The van der Waals surface area contributed by atoms with E-state index in [0.29, 0.717) is 37.2 Å². The summed E-state index contributed by atoms with van der Waals surface area (Å²) in [6.45, 7) is 0. The summed E-state index contributed by atoms with van der Waals surface area (Å²) < 4.78 is 12.5. The molecule has 8 heteroatoms. The Morgan fingerprint density at radius 2 is 1.81 bits per heavy atom. The second kappa shape index (κ2) is 7.30. The molecule has 6 nitrogen and oxygen atoms in total. The van der Waals surface area contributed by atoms with Gasteiger partial charge in [0.25, 0.3) is 0 Å². The fourth-order valence-corrected chi connectivity index (χ4v) is 4.70. The van der Waals surface area contributed by atoms with Crippen molar-refractivity contribution >= 4 is 50.8 Å². The topological polar surface area (TPSA) is 101 Å². The highest BCUT2D eigenvalue weighted by Gasteiger charge is 2.25. The fraction of sp³-hybridized carbons (Fsp3) is 0.0435. The van der Waals surface area contributed by atoms with Crippen LogP contribution in [0.4, 0.5) is 0 Å². The molecule has 31 heavy (non-hydrogen) atoms. The van der Waals surface area contributed by atoms with Gasteiger partial charge in [0, 0.05) is 23.3 Å². The minimum absolute atomic E-state index is 0.0321. The molecule has 5 aromatic rings. The molecule has 2 aromatic carbocycles. The van der Waals surface area contributed by atoms with Crippen molar-refractivity contribution in [2.75, 3.05) is 0 Å². The van der Waals surface area contributed by atoms with Crippen LogP contribution >= 0.6 is 22.9 Å². The normalized spacial score (nSPS) is 11.4. The van der Waals surface area contributed by atoms with E-state index in [1.54, 1.807) is 24.3 Å². The molecule has 0 aliphatic rings. The molecule has 2 N–H and O–H groups in total. The maximum atomic E-state index is 12.9. The minimum atomic E-state index is -1.07. The van der Waals surface area contributed by atoms with Crippen LogP contribution in [0.15, 0.2) is 68.2 Å². The van der Waals surface area contributed by atoms with Gasteiger partial charge < -0.3 is 19.0 Å². The van der Waals surface area contributed by atoms with Crippen molar-refractivity contribution in [3.05, 3.63) is 74.7 Å². The molecule has 0 amide bonds. The van der Waals surface area contributed by atoms with Crippen LogP contribution in [0.3, 0.4) is 0 Å². The van der Waals surface area contributed by atoms with E-state index in [1.807, 2.05) is 18.2 Å². The zero-order chi connectivity index (χ0) is 21.7. The quantitative estimate of drug-likeness (QED) is 0.351. The van der Waals surface area contributed by atoms with E-state index in [1.165, 1.54) is 23.5 Å². The van der Waals surface area contributed by atoms with Crippen molar-refractivity contribution in [1.82, 2.24) is 0 Å². The number of carbonyl (C=O) groups is 1. The molecule has 0 fully saturated rings. The van der Waals surface area contributed by atoms with Gasteiger partial charge in [0.2, 0.25) is 0 Å². The predicted octanol–water partition coefficient (Wildman–Crippen LogP) is 5.92. The molecule has 3 heterocycles. The number of carboxylic acid groups (broad SMARTS) is 1. The molecule has 0 saturated carbocycles. The van der Waals surface area contributed by atoms with Gasteiger partial charge in [0.15, 0.2) is 11.0 Å². The smallest absolute Gasteiger partial charge is 0.307 e. The van der Waals surface area contributed by atoms with Crippen molar-refractivity contribution in [3.63, 3.8) is 0 Å². The third-order valence-corrected chi connectivity index (χ3v) is 6.15. The number of rotatable bonds is 4. The number of aliphatic carboxylic acids is 1. The maximum Gasteiger partial charge on any atom is 0.307 e. The lowest BCUT2D eigenvalue weighted by atomic mass is 10.0. The highest BCUT2D eigenvalue weighted by Crippen LogP contribution is 2.43. The lowest BCUT2D eigenvalue weighted by Gasteiger charge is -2.06. The van der Waals surface area contributed by atoms with Crippen LogP contribution in [-0.4, -0.2) is 16.2 Å². The van der Waals surface area contributed by atoms with Crippen LogP contribution in [0.2, 0.25) is 4.34 Å². The summed E-state index contributed by atoms with van der Waals surface area (Å²) in [5.41, 5.74) is 0.873. The van der Waals surface area contributed by atoms with Crippen molar-refractivity contribution in [3.8, 4) is 27.7 Å². The zero-order valence-electron chi connectivity index (χ0n) is 15.7. The Bertz CT molecular complexity index is 1530. The van der Waals surface area contributed by atoms with Gasteiger partial charge in [-0.1, -0.05) is 41.9 Å². The number of furan rings is 1. The van der Waals surface area contributed by atoms with Gasteiger partial charge >= 0.3 is 5.97 Å². The Hall–Kier alpha value is -3.55. The van der Waals surface area contributed by atoms with Gasteiger partial charge in [-0.2, -0.15) is 0 Å². The van der Waals surface area contributed by atoms with Crippen LogP contribution in [0.1, 0.15) is 5.56 Å². The summed E-state index contributed by atoms with van der Waals surface area (Å²) >= 11 is 7.29. The monoisotopic (exact) mass is 452 g/mol. The summed E-state index contributed by atoms with van der Waals surface area (Å²) in [6.07, 6.45) is -0.364. The van der Waals surface area contributed by atoms with E-state index in [-0.39, 0.29) is 28.7 Å². The van der Waals surface area contributed by atoms with E-state index in [0.717, 1.165) is 0 Å². The van der Waals surface area contributed by atoms with E-state index in [2.05, 4.69) is 0 Å². The summed E-state index contributed by atoms with van der Waals surface area (Å²) in [4.78, 5) is 25.2. The fourth-order valence-electron chi connectivity index (χ4n) is 3.64. The summed E-state index contributed by atoms with van der Waals surface area (Å²) in [5, 5.41) is 20.3. The van der Waals surface area contributed by atoms with Crippen molar-refractivity contribution in [2.24, 2.45) is 0 Å². The number of thiophene rings is 1. The summed E-state index contributed by atoms with van der Waals surface area (Å²) in [7, 11) is 0. The van der Waals surface area contributed by atoms with Crippen molar-refractivity contribution in [2.45, 2.75) is 6.42 Å². The molecule has 0 aliphatic carbocycles. The highest BCUT2D eigenvalue weighted by atomic mass is 35.5. The van der Waals surface area contributed by atoms with Crippen molar-refractivity contribution < 1.29 is 23.8 Å². The molecule has 0 bridgehead atoms. The van der Waals surface area contributed by atoms with Gasteiger partial charge in [-0.25, -0.2) is 0 Å². The van der Waals surface area contributed by atoms with Crippen molar-refractivity contribution in [1.29, 1.82) is 0 Å². The molecule has 0 unspecified atom stereocenters. The third kappa shape index (κ3) is 3.28. The van der Waals surface area contributed by atoms with Gasteiger partial charge in [-0.15, -0.1) is 11.3 Å². The van der Waals surface area contributed by atoms with E-state index in [9.17, 15) is 19.8 Å². The second-order valence-corrected chi connectivity index (χ2v) is 8.61. The molecule has 0 aliphatic heterocycles. The van der Waals surface area contributed by atoms with Crippen LogP contribution in [0.25, 0.3) is 43.9 Å². The highest BCUT2D eigenvalue weighted by molar-refractivity contribution is 7.19. The van der Waals surface area contributed by atoms with Crippen LogP contribution in [-0.2, 0) is 11.2 Å². The standard InChI is InChI=1S/C23H13ClO6S/c24-18-7-6-17(31-18)22-12(8-19(27)28)20-16(30-22)10-14(26)21-13(25)9-15(29-23(20)21)11-4-2-1-3-5-11/h1-7,9-10,26H,8H2,(H,27,28). The number of hydrogen-bond acceptors (Lipinski definition) is 6. The van der Waals surface area contributed by atoms with Gasteiger partial charge in [-0.3, -0.25) is 9.59 Å². The van der Waals surface area contributed by atoms with E-state index >= 15 is 0 Å².